The van der Waals surface area contributed by atoms with Crippen LogP contribution < -0.4 is 5.32 Å². The van der Waals surface area contributed by atoms with Crippen molar-refractivity contribution in [1.29, 1.82) is 0 Å². The van der Waals surface area contributed by atoms with Crippen LogP contribution in [0, 0.1) is 13.8 Å². The molecule has 16 heavy (non-hydrogen) atoms. The smallest absolute Gasteiger partial charge is 0.137 e. The van der Waals surface area contributed by atoms with E-state index in [0.717, 1.165) is 24.2 Å². The molecule has 1 unspecified atom stereocenters. The van der Waals surface area contributed by atoms with E-state index < -0.39 is 0 Å². The first-order valence-corrected chi connectivity index (χ1v) is 6.23. The van der Waals surface area contributed by atoms with E-state index in [9.17, 15) is 0 Å². The van der Waals surface area contributed by atoms with Gasteiger partial charge in [0.05, 0.1) is 0 Å². The van der Waals surface area contributed by atoms with Gasteiger partial charge in [0.15, 0.2) is 0 Å². The van der Waals surface area contributed by atoms with Crippen LogP contribution in [0.15, 0.2) is 0 Å². The van der Waals surface area contributed by atoms with Gasteiger partial charge < -0.3 is 5.32 Å². The van der Waals surface area contributed by atoms with Crippen LogP contribution in [0.25, 0.3) is 0 Å². The van der Waals surface area contributed by atoms with E-state index in [1.165, 1.54) is 6.42 Å². The molecule has 1 N–H and O–H groups in total. The molecule has 0 saturated heterocycles. The van der Waals surface area contributed by atoms with Crippen LogP contribution in [0.2, 0.25) is 5.15 Å². The van der Waals surface area contributed by atoms with Gasteiger partial charge in [-0.25, -0.2) is 9.97 Å². The SMILES string of the molecule is CCCC(CC)Nc1nc(C)nc(Cl)c1C. The topological polar surface area (TPSA) is 37.8 Å². The third-order valence-corrected chi connectivity index (χ3v) is 3.04. The Morgan fingerprint density at radius 3 is 2.50 bits per heavy atom. The number of rotatable bonds is 5. The largest absolute Gasteiger partial charge is 0.367 e. The minimum absolute atomic E-state index is 0.467. The van der Waals surface area contributed by atoms with E-state index in [4.69, 9.17) is 11.6 Å². The summed E-state index contributed by atoms with van der Waals surface area (Å²) in [7, 11) is 0. The zero-order valence-electron chi connectivity index (χ0n) is 10.5. The normalized spacial score (nSPS) is 12.6. The van der Waals surface area contributed by atoms with Gasteiger partial charge in [-0.15, -0.1) is 0 Å². The summed E-state index contributed by atoms with van der Waals surface area (Å²) in [5.74, 6) is 1.59. The van der Waals surface area contributed by atoms with Crippen molar-refractivity contribution in [3.05, 3.63) is 16.5 Å². The number of nitrogens with one attached hydrogen (secondary N) is 1. The van der Waals surface area contributed by atoms with Crippen LogP contribution in [0.4, 0.5) is 5.82 Å². The molecule has 0 aliphatic carbocycles. The zero-order chi connectivity index (χ0) is 12.1. The van der Waals surface area contributed by atoms with E-state index in [1.807, 2.05) is 13.8 Å². The molecule has 0 saturated carbocycles. The Hall–Kier alpha value is -0.830. The summed E-state index contributed by atoms with van der Waals surface area (Å²) >= 11 is 6.03. The summed E-state index contributed by atoms with van der Waals surface area (Å²) in [5.41, 5.74) is 0.932. The van der Waals surface area contributed by atoms with Gasteiger partial charge in [-0.2, -0.15) is 0 Å². The van der Waals surface area contributed by atoms with Gasteiger partial charge >= 0.3 is 0 Å². The van der Waals surface area contributed by atoms with E-state index in [1.54, 1.807) is 0 Å². The minimum atomic E-state index is 0.467. The fraction of sp³-hybridized carbons (Fsp3) is 0.667. The third-order valence-electron chi connectivity index (χ3n) is 2.67. The van der Waals surface area contributed by atoms with Crippen LogP contribution in [0.1, 0.15) is 44.5 Å². The molecular formula is C12H20ClN3. The highest BCUT2D eigenvalue weighted by molar-refractivity contribution is 6.30. The Morgan fingerprint density at radius 1 is 1.25 bits per heavy atom. The summed E-state index contributed by atoms with van der Waals surface area (Å²) in [6.45, 7) is 8.17. The Labute approximate surface area is 103 Å². The number of anilines is 1. The molecule has 0 fully saturated rings. The molecule has 0 aliphatic heterocycles. The van der Waals surface area contributed by atoms with Crippen molar-refractivity contribution in [3.63, 3.8) is 0 Å². The van der Waals surface area contributed by atoms with Gasteiger partial charge in [0.2, 0.25) is 0 Å². The standard InChI is InChI=1S/C12H20ClN3/c1-5-7-10(6-2)16-12-8(3)11(13)14-9(4)15-12/h10H,5-7H2,1-4H3,(H,14,15,16). The predicted molar refractivity (Wildman–Crippen MR) is 69.1 cm³/mol. The van der Waals surface area contributed by atoms with Crippen LogP contribution in [0.3, 0.4) is 0 Å². The molecule has 0 aromatic carbocycles. The van der Waals surface area contributed by atoms with E-state index >= 15 is 0 Å². The molecular weight excluding hydrogens is 222 g/mol. The quantitative estimate of drug-likeness (QED) is 0.799. The fourth-order valence-electron chi connectivity index (χ4n) is 1.65. The van der Waals surface area contributed by atoms with Crippen molar-refractivity contribution < 1.29 is 0 Å². The van der Waals surface area contributed by atoms with Crippen molar-refractivity contribution in [2.45, 2.75) is 53.0 Å². The summed E-state index contributed by atoms with van der Waals surface area (Å²) in [6.07, 6.45) is 3.41. The maximum atomic E-state index is 6.03. The predicted octanol–water partition coefficient (Wildman–Crippen LogP) is 3.74. The van der Waals surface area contributed by atoms with E-state index in [-0.39, 0.29) is 0 Å². The number of hydrogen-bond acceptors (Lipinski definition) is 3. The average Bonchev–Trinajstić information content (AvgIpc) is 2.24. The molecule has 0 amide bonds. The minimum Gasteiger partial charge on any atom is -0.367 e. The zero-order valence-corrected chi connectivity index (χ0v) is 11.2. The fourth-order valence-corrected chi connectivity index (χ4v) is 1.87. The molecule has 90 valence electrons. The van der Waals surface area contributed by atoms with Gasteiger partial charge in [0, 0.05) is 11.6 Å². The van der Waals surface area contributed by atoms with E-state index in [0.29, 0.717) is 17.0 Å². The third kappa shape index (κ3) is 3.34. The highest BCUT2D eigenvalue weighted by Gasteiger charge is 2.11. The lowest BCUT2D eigenvalue weighted by atomic mass is 10.1. The molecule has 1 aromatic heterocycles. The number of hydrogen-bond donors (Lipinski definition) is 1. The molecule has 0 aliphatic rings. The van der Waals surface area contributed by atoms with Crippen molar-refractivity contribution >= 4 is 17.4 Å². The number of halogens is 1. The molecule has 0 spiro atoms. The second-order valence-corrected chi connectivity index (χ2v) is 4.43. The van der Waals surface area contributed by atoms with Crippen LogP contribution in [0.5, 0.6) is 0 Å². The van der Waals surface area contributed by atoms with Crippen molar-refractivity contribution in [2.75, 3.05) is 5.32 Å². The van der Waals surface area contributed by atoms with Crippen molar-refractivity contribution in [1.82, 2.24) is 9.97 Å². The highest BCUT2D eigenvalue weighted by atomic mass is 35.5. The maximum Gasteiger partial charge on any atom is 0.137 e. The molecule has 1 atom stereocenters. The Balaban J connectivity index is 2.87. The monoisotopic (exact) mass is 241 g/mol. The number of nitrogens with zero attached hydrogens (tertiary/aromatic N) is 2. The molecule has 0 radical (unpaired) electrons. The first-order chi connectivity index (χ1) is 7.58. The number of aromatic nitrogens is 2. The van der Waals surface area contributed by atoms with Gasteiger partial charge in [-0.3, -0.25) is 0 Å². The van der Waals surface area contributed by atoms with Crippen LogP contribution in [-0.2, 0) is 0 Å². The second kappa shape index (κ2) is 6.04. The van der Waals surface area contributed by atoms with Gasteiger partial charge in [0.25, 0.3) is 0 Å². The van der Waals surface area contributed by atoms with Gasteiger partial charge in [0.1, 0.15) is 16.8 Å². The Kier molecular flexibility index (Phi) is 5.00. The first kappa shape index (κ1) is 13.2. The summed E-state index contributed by atoms with van der Waals surface area (Å²) < 4.78 is 0. The molecule has 1 heterocycles. The Bertz CT molecular complexity index is 352. The Morgan fingerprint density at radius 2 is 1.94 bits per heavy atom. The van der Waals surface area contributed by atoms with Crippen molar-refractivity contribution in [3.8, 4) is 0 Å². The summed E-state index contributed by atoms with van der Waals surface area (Å²) in [5, 5.41) is 3.99. The van der Waals surface area contributed by atoms with Crippen LogP contribution >= 0.6 is 11.6 Å². The molecule has 1 aromatic rings. The summed E-state index contributed by atoms with van der Waals surface area (Å²) in [6, 6.07) is 0.467. The summed E-state index contributed by atoms with van der Waals surface area (Å²) in [4.78, 5) is 8.52. The molecule has 3 nitrogen and oxygen atoms in total. The molecule has 0 bridgehead atoms. The maximum absolute atomic E-state index is 6.03. The first-order valence-electron chi connectivity index (χ1n) is 5.85. The lowest BCUT2D eigenvalue weighted by Gasteiger charge is -2.18. The van der Waals surface area contributed by atoms with Crippen LogP contribution in [-0.4, -0.2) is 16.0 Å². The lowest BCUT2D eigenvalue weighted by molar-refractivity contribution is 0.619. The molecule has 1 rings (SSSR count). The molecule has 4 heteroatoms. The van der Waals surface area contributed by atoms with Gasteiger partial charge in [-0.05, 0) is 26.7 Å². The highest BCUT2D eigenvalue weighted by Crippen LogP contribution is 2.21. The second-order valence-electron chi connectivity index (χ2n) is 4.07. The average molecular weight is 242 g/mol. The van der Waals surface area contributed by atoms with Crippen molar-refractivity contribution in [2.24, 2.45) is 0 Å². The lowest BCUT2D eigenvalue weighted by Crippen LogP contribution is -2.20. The van der Waals surface area contributed by atoms with Gasteiger partial charge in [-0.1, -0.05) is 31.9 Å². The number of aryl methyl sites for hydroxylation is 1. The van der Waals surface area contributed by atoms with E-state index in [2.05, 4.69) is 29.1 Å².